The molecule has 0 unspecified atom stereocenters. The van der Waals surface area contributed by atoms with E-state index in [2.05, 4.69) is 5.92 Å². The van der Waals surface area contributed by atoms with Gasteiger partial charge in [0.2, 0.25) is 12.8 Å². The minimum atomic E-state index is -1.08. The molecule has 0 aliphatic carbocycles. The molecule has 1 aromatic carbocycles. The van der Waals surface area contributed by atoms with Gasteiger partial charge < -0.3 is 4.74 Å². The van der Waals surface area contributed by atoms with Crippen molar-refractivity contribution >= 4 is 24.5 Å². The molecule has 0 fully saturated rings. The Bertz CT molecular complexity index is 643. The summed E-state index contributed by atoms with van der Waals surface area (Å²) in [5.74, 6) is 1.79. The van der Waals surface area contributed by atoms with Crippen molar-refractivity contribution in [2.24, 2.45) is 0 Å². The Morgan fingerprint density at radius 3 is 2.24 bits per heavy atom. The van der Waals surface area contributed by atoms with Crippen LogP contribution in [0.2, 0.25) is 0 Å². The Labute approximate surface area is 147 Å². The predicted octanol–water partition coefficient (Wildman–Crippen LogP) is 1.36. The molecule has 0 aliphatic heterocycles. The number of terminal acetylenes is 1. The highest BCUT2D eigenvalue weighted by atomic mass is 16.7. The normalized spacial score (nSPS) is 11.8. The molecular formula is C18H22N2O5. The van der Waals surface area contributed by atoms with E-state index in [0.29, 0.717) is 24.1 Å². The summed E-state index contributed by atoms with van der Waals surface area (Å²) in [5, 5.41) is 0.966. The Morgan fingerprint density at radius 2 is 1.84 bits per heavy atom. The van der Waals surface area contributed by atoms with E-state index in [1.54, 1.807) is 45.0 Å². The van der Waals surface area contributed by atoms with E-state index in [9.17, 15) is 14.4 Å². The molecule has 0 aliphatic rings. The van der Waals surface area contributed by atoms with E-state index in [0.717, 1.165) is 9.96 Å². The summed E-state index contributed by atoms with van der Waals surface area (Å²) in [7, 11) is 1.20. The first-order valence-corrected chi connectivity index (χ1v) is 7.55. The maximum absolute atomic E-state index is 12.2. The van der Waals surface area contributed by atoms with Crippen molar-refractivity contribution in [2.75, 3.05) is 18.6 Å². The fourth-order valence-corrected chi connectivity index (χ4v) is 2.08. The minimum absolute atomic E-state index is 0.191. The number of hydroxylamine groups is 2. The molecule has 0 radical (unpaired) electrons. The first kappa shape index (κ1) is 20.2. The van der Waals surface area contributed by atoms with Gasteiger partial charge in [0.1, 0.15) is 0 Å². The second-order valence-electron chi connectivity index (χ2n) is 6.15. The largest absolute Gasteiger partial charge is 0.467 e. The minimum Gasteiger partial charge on any atom is -0.467 e. The van der Waals surface area contributed by atoms with Crippen LogP contribution in [0.15, 0.2) is 24.3 Å². The lowest BCUT2D eigenvalue weighted by atomic mass is 10.1. The van der Waals surface area contributed by atoms with E-state index in [1.165, 1.54) is 7.11 Å². The van der Waals surface area contributed by atoms with E-state index in [4.69, 9.17) is 16.0 Å². The molecule has 1 rings (SSSR count). The maximum atomic E-state index is 12.2. The standard InChI is InChI=1S/C18H22N2O5/c1-6-14-7-9-15(10-8-14)20(13-22)16(17(23)24-5)11-19(12-21)25-18(2,3)4/h1,7-10,12-13,16H,11H2,2-5H3/t16-/m0/s1. The van der Waals surface area contributed by atoms with Gasteiger partial charge in [-0.15, -0.1) is 6.42 Å². The molecule has 0 saturated carbocycles. The van der Waals surface area contributed by atoms with E-state index in [-0.39, 0.29) is 6.54 Å². The third-order valence-electron chi connectivity index (χ3n) is 3.12. The fourth-order valence-electron chi connectivity index (χ4n) is 2.08. The van der Waals surface area contributed by atoms with E-state index in [1.807, 2.05) is 0 Å². The number of carbonyl (C=O) groups excluding carboxylic acids is 3. The van der Waals surface area contributed by atoms with Crippen molar-refractivity contribution < 1.29 is 24.0 Å². The Morgan fingerprint density at radius 1 is 1.24 bits per heavy atom. The van der Waals surface area contributed by atoms with Crippen molar-refractivity contribution in [3.05, 3.63) is 29.8 Å². The van der Waals surface area contributed by atoms with Crippen LogP contribution in [-0.2, 0) is 24.0 Å². The zero-order valence-corrected chi connectivity index (χ0v) is 14.8. The summed E-state index contributed by atoms with van der Waals surface area (Å²) in [5.41, 5.74) is 0.419. The van der Waals surface area contributed by atoms with E-state index >= 15 is 0 Å². The zero-order chi connectivity index (χ0) is 19.0. The number of hydrogen-bond acceptors (Lipinski definition) is 5. The summed E-state index contributed by atoms with van der Waals surface area (Å²) in [4.78, 5) is 41.7. The Hall–Kier alpha value is -2.85. The lowest BCUT2D eigenvalue weighted by Crippen LogP contribution is -2.50. The second-order valence-corrected chi connectivity index (χ2v) is 6.15. The van der Waals surface area contributed by atoms with Crippen LogP contribution in [0.4, 0.5) is 5.69 Å². The van der Waals surface area contributed by atoms with Gasteiger partial charge in [0.25, 0.3) is 0 Å². The van der Waals surface area contributed by atoms with Gasteiger partial charge in [0.05, 0.1) is 19.3 Å². The van der Waals surface area contributed by atoms with Gasteiger partial charge in [0, 0.05) is 11.3 Å². The molecule has 1 atom stereocenters. The van der Waals surface area contributed by atoms with Crippen LogP contribution in [0.25, 0.3) is 0 Å². The molecule has 0 N–H and O–H groups in total. The lowest BCUT2D eigenvalue weighted by molar-refractivity contribution is -0.218. The summed E-state index contributed by atoms with van der Waals surface area (Å²) in [6, 6.07) is 5.42. The Balaban J connectivity index is 3.13. The highest BCUT2D eigenvalue weighted by Gasteiger charge is 2.31. The van der Waals surface area contributed by atoms with Crippen molar-refractivity contribution in [3.63, 3.8) is 0 Å². The van der Waals surface area contributed by atoms with Crippen LogP contribution in [-0.4, -0.2) is 49.2 Å². The van der Waals surface area contributed by atoms with Crippen LogP contribution in [0.1, 0.15) is 26.3 Å². The highest BCUT2D eigenvalue weighted by Crippen LogP contribution is 2.19. The smallest absolute Gasteiger partial charge is 0.330 e. The second kappa shape index (κ2) is 8.85. The van der Waals surface area contributed by atoms with Crippen molar-refractivity contribution in [2.45, 2.75) is 32.4 Å². The van der Waals surface area contributed by atoms with E-state index < -0.39 is 17.6 Å². The number of carbonyl (C=O) groups is 3. The molecule has 0 saturated heterocycles. The molecule has 25 heavy (non-hydrogen) atoms. The molecular weight excluding hydrogens is 324 g/mol. The maximum Gasteiger partial charge on any atom is 0.330 e. The number of nitrogens with zero attached hydrogens (tertiary/aromatic N) is 2. The van der Waals surface area contributed by atoms with Crippen molar-refractivity contribution in [3.8, 4) is 12.3 Å². The van der Waals surface area contributed by atoms with Crippen molar-refractivity contribution in [1.29, 1.82) is 0 Å². The fraction of sp³-hybridized carbons (Fsp3) is 0.389. The van der Waals surface area contributed by atoms with Crippen molar-refractivity contribution in [1.82, 2.24) is 5.06 Å². The molecule has 7 heteroatoms. The third kappa shape index (κ3) is 5.94. The van der Waals surface area contributed by atoms with Crippen LogP contribution < -0.4 is 4.90 Å². The van der Waals surface area contributed by atoms with Gasteiger partial charge in [-0.1, -0.05) is 5.92 Å². The zero-order valence-electron chi connectivity index (χ0n) is 14.8. The van der Waals surface area contributed by atoms with Gasteiger partial charge in [0.15, 0.2) is 6.04 Å². The highest BCUT2D eigenvalue weighted by molar-refractivity contribution is 5.89. The number of benzene rings is 1. The lowest BCUT2D eigenvalue weighted by Gasteiger charge is -2.32. The molecule has 0 heterocycles. The predicted molar refractivity (Wildman–Crippen MR) is 92.3 cm³/mol. The summed E-state index contributed by atoms with van der Waals surface area (Å²) < 4.78 is 4.77. The number of esters is 1. The SMILES string of the molecule is C#Cc1ccc(N(C=O)[C@@H](CN(C=O)OC(C)(C)C)C(=O)OC)cc1. The molecule has 1 aromatic rings. The molecule has 0 spiro atoms. The first-order chi connectivity index (χ1) is 11.8. The van der Waals surface area contributed by atoms with Crippen LogP contribution in [0, 0.1) is 12.3 Å². The summed E-state index contributed by atoms with van der Waals surface area (Å²) in [6.07, 6.45) is 6.25. The molecule has 7 nitrogen and oxygen atoms in total. The average molecular weight is 346 g/mol. The average Bonchev–Trinajstić information content (AvgIpc) is 2.59. The molecule has 134 valence electrons. The van der Waals surface area contributed by atoms with Gasteiger partial charge in [-0.3, -0.25) is 19.3 Å². The quantitative estimate of drug-likeness (QED) is 0.307. The van der Waals surface area contributed by atoms with Gasteiger partial charge >= 0.3 is 5.97 Å². The number of rotatable bonds is 8. The number of methoxy groups -OCH3 is 1. The van der Waals surface area contributed by atoms with Crippen LogP contribution >= 0.6 is 0 Å². The third-order valence-corrected chi connectivity index (χ3v) is 3.12. The molecule has 2 amide bonds. The number of ether oxygens (including phenoxy) is 1. The number of hydrogen-bond donors (Lipinski definition) is 0. The molecule has 0 aromatic heterocycles. The summed E-state index contributed by atoms with van der Waals surface area (Å²) in [6.45, 7) is 5.08. The number of anilines is 1. The van der Waals surface area contributed by atoms with Gasteiger partial charge in [-0.25, -0.2) is 9.86 Å². The molecule has 0 bridgehead atoms. The van der Waals surface area contributed by atoms with Crippen LogP contribution in [0.3, 0.4) is 0 Å². The summed E-state index contributed by atoms with van der Waals surface area (Å²) >= 11 is 0. The monoisotopic (exact) mass is 346 g/mol. The first-order valence-electron chi connectivity index (χ1n) is 7.55. The number of amides is 2. The van der Waals surface area contributed by atoms with Crippen LogP contribution in [0.5, 0.6) is 0 Å². The topological polar surface area (TPSA) is 76.2 Å². The van der Waals surface area contributed by atoms with Gasteiger partial charge in [-0.2, -0.15) is 0 Å². The van der Waals surface area contributed by atoms with Gasteiger partial charge in [-0.05, 0) is 45.0 Å². The Kier molecular flexibility index (Phi) is 7.15.